The highest BCUT2D eigenvalue weighted by Gasteiger charge is 2.54. The molecule has 0 radical (unpaired) electrons. The maximum Gasteiger partial charge on any atom is 0.307 e. The summed E-state index contributed by atoms with van der Waals surface area (Å²) in [5.74, 6) is -2.55. The van der Waals surface area contributed by atoms with Gasteiger partial charge < -0.3 is 9.84 Å². The number of hydrogen-bond donors (Lipinski definition) is 3. The molecule has 2 aliphatic rings. The standard InChI is InChI=1S/C18H21ClN2O5/c1-9-6-12(4-5-13(9)19)26-8-14(22)20-21-17(23)15-10-2-3-11(7-10)16(15)18(24)25/h4-6,10-11,15-16H,2-3,7-8H2,1H3,(H,20,22)(H,21,23)(H,24,25). The van der Waals surface area contributed by atoms with E-state index in [9.17, 15) is 19.5 Å². The minimum Gasteiger partial charge on any atom is -0.484 e. The number of aliphatic carboxylic acids is 1. The molecule has 140 valence electrons. The van der Waals surface area contributed by atoms with E-state index in [1.165, 1.54) is 0 Å². The summed E-state index contributed by atoms with van der Waals surface area (Å²) in [7, 11) is 0. The molecule has 0 aromatic heterocycles. The quantitative estimate of drug-likeness (QED) is 0.677. The fraction of sp³-hybridized carbons (Fsp3) is 0.500. The van der Waals surface area contributed by atoms with Crippen molar-refractivity contribution in [3.8, 4) is 5.75 Å². The van der Waals surface area contributed by atoms with Gasteiger partial charge in [0.15, 0.2) is 6.61 Å². The van der Waals surface area contributed by atoms with Crippen molar-refractivity contribution in [3.05, 3.63) is 28.8 Å². The number of halogens is 1. The summed E-state index contributed by atoms with van der Waals surface area (Å²) in [6.45, 7) is 1.55. The third-order valence-electron chi connectivity index (χ3n) is 5.33. The molecule has 1 aromatic rings. The van der Waals surface area contributed by atoms with E-state index in [2.05, 4.69) is 10.9 Å². The maximum atomic E-state index is 12.4. The highest BCUT2D eigenvalue weighted by atomic mass is 35.5. The van der Waals surface area contributed by atoms with Gasteiger partial charge >= 0.3 is 5.97 Å². The number of benzene rings is 1. The van der Waals surface area contributed by atoms with Crippen molar-refractivity contribution in [2.24, 2.45) is 23.7 Å². The van der Waals surface area contributed by atoms with Gasteiger partial charge in [0.1, 0.15) is 5.75 Å². The molecule has 0 saturated heterocycles. The van der Waals surface area contributed by atoms with E-state index in [1.54, 1.807) is 18.2 Å². The largest absolute Gasteiger partial charge is 0.484 e. The van der Waals surface area contributed by atoms with Crippen LogP contribution in [0.15, 0.2) is 18.2 Å². The number of ether oxygens (including phenoxy) is 1. The molecule has 3 rings (SSSR count). The number of fused-ring (bicyclic) bond motifs is 2. The van der Waals surface area contributed by atoms with Gasteiger partial charge in [-0.15, -0.1) is 0 Å². The van der Waals surface area contributed by atoms with Crippen LogP contribution in [0.5, 0.6) is 5.75 Å². The average molecular weight is 381 g/mol. The van der Waals surface area contributed by atoms with Gasteiger partial charge in [0.2, 0.25) is 5.91 Å². The van der Waals surface area contributed by atoms with Gasteiger partial charge in [-0.3, -0.25) is 25.2 Å². The monoisotopic (exact) mass is 380 g/mol. The fourth-order valence-corrected chi connectivity index (χ4v) is 4.25. The van der Waals surface area contributed by atoms with Gasteiger partial charge in [-0.2, -0.15) is 0 Å². The van der Waals surface area contributed by atoms with E-state index >= 15 is 0 Å². The summed E-state index contributed by atoms with van der Waals surface area (Å²) in [6, 6.07) is 5.03. The molecule has 2 saturated carbocycles. The molecule has 1 aromatic carbocycles. The Kier molecular flexibility index (Phi) is 5.36. The number of carboxylic acid groups (broad SMARTS) is 1. The first kappa shape index (κ1) is 18.5. The van der Waals surface area contributed by atoms with E-state index < -0.39 is 29.6 Å². The minimum absolute atomic E-state index is 0.0560. The molecule has 4 unspecified atom stereocenters. The van der Waals surface area contributed by atoms with E-state index in [0.29, 0.717) is 10.8 Å². The second-order valence-electron chi connectivity index (χ2n) is 6.96. The van der Waals surface area contributed by atoms with Crippen molar-refractivity contribution in [1.29, 1.82) is 0 Å². The third kappa shape index (κ3) is 3.77. The highest BCUT2D eigenvalue weighted by Crippen LogP contribution is 2.52. The molecule has 3 N–H and O–H groups in total. The predicted molar refractivity (Wildman–Crippen MR) is 93.4 cm³/mol. The second-order valence-corrected chi connectivity index (χ2v) is 7.37. The lowest BCUT2D eigenvalue weighted by Crippen LogP contribution is -2.49. The molecule has 26 heavy (non-hydrogen) atoms. The number of amides is 2. The Bertz CT molecular complexity index is 738. The zero-order valence-corrected chi connectivity index (χ0v) is 15.1. The Labute approximate surface area is 156 Å². The van der Waals surface area contributed by atoms with Crippen LogP contribution < -0.4 is 15.6 Å². The van der Waals surface area contributed by atoms with Crippen LogP contribution in [-0.2, 0) is 14.4 Å². The number of rotatable bonds is 5. The van der Waals surface area contributed by atoms with Crippen molar-refractivity contribution in [2.75, 3.05) is 6.61 Å². The van der Waals surface area contributed by atoms with Gasteiger partial charge in [-0.1, -0.05) is 11.6 Å². The van der Waals surface area contributed by atoms with Crippen molar-refractivity contribution in [1.82, 2.24) is 10.9 Å². The summed E-state index contributed by atoms with van der Waals surface area (Å²) < 4.78 is 5.35. The Morgan fingerprint density at radius 1 is 1.19 bits per heavy atom. The molecule has 2 aliphatic carbocycles. The first-order chi connectivity index (χ1) is 12.4. The van der Waals surface area contributed by atoms with Gasteiger partial charge in [0, 0.05) is 5.02 Å². The molecule has 2 amide bonds. The SMILES string of the molecule is Cc1cc(OCC(=O)NNC(=O)C2C3CCC(C3)C2C(=O)O)ccc1Cl. The zero-order valence-electron chi connectivity index (χ0n) is 14.3. The number of carboxylic acids is 1. The number of carbonyl (C=O) groups excluding carboxylic acids is 2. The van der Waals surface area contributed by atoms with E-state index in [1.807, 2.05) is 6.92 Å². The van der Waals surface area contributed by atoms with Crippen LogP contribution in [0.2, 0.25) is 5.02 Å². The Morgan fingerprint density at radius 3 is 2.54 bits per heavy atom. The number of hydrogen-bond acceptors (Lipinski definition) is 4. The lowest BCUT2D eigenvalue weighted by Gasteiger charge is -2.26. The first-order valence-corrected chi connectivity index (χ1v) is 8.95. The molecule has 8 heteroatoms. The molecular weight excluding hydrogens is 360 g/mol. The van der Waals surface area contributed by atoms with Crippen LogP contribution in [0.1, 0.15) is 24.8 Å². The highest BCUT2D eigenvalue weighted by molar-refractivity contribution is 6.31. The van der Waals surface area contributed by atoms with Crippen molar-refractivity contribution in [3.63, 3.8) is 0 Å². The Balaban J connectivity index is 1.49. The number of nitrogens with one attached hydrogen (secondary N) is 2. The fourth-order valence-electron chi connectivity index (χ4n) is 4.13. The van der Waals surface area contributed by atoms with Crippen molar-refractivity contribution < 1.29 is 24.2 Å². The molecule has 2 fully saturated rings. The summed E-state index contributed by atoms with van der Waals surface area (Å²) in [5.41, 5.74) is 5.47. The Hall–Kier alpha value is -2.28. The molecule has 4 atom stereocenters. The molecule has 0 spiro atoms. The van der Waals surface area contributed by atoms with Crippen LogP contribution in [0, 0.1) is 30.6 Å². The summed E-state index contributed by atoms with van der Waals surface area (Å²) >= 11 is 5.93. The van der Waals surface area contributed by atoms with Gasteiger partial charge in [-0.05, 0) is 61.8 Å². The predicted octanol–water partition coefficient (Wildman–Crippen LogP) is 1.92. The summed E-state index contributed by atoms with van der Waals surface area (Å²) in [5, 5.41) is 9.99. The molecule has 0 aliphatic heterocycles. The normalized spacial score (nSPS) is 26.4. The minimum atomic E-state index is -0.940. The van der Waals surface area contributed by atoms with Crippen LogP contribution in [0.4, 0.5) is 0 Å². The number of carbonyl (C=O) groups is 3. The zero-order chi connectivity index (χ0) is 18.8. The van der Waals surface area contributed by atoms with Crippen LogP contribution in [0.3, 0.4) is 0 Å². The molecule has 7 nitrogen and oxygen atoms in total. The first-order valence-electron chi connectivity index (χ1n) is 8.57. The third-order valence-corrected chi connectivity index (χ3v) is 5.75. The second kappa shape index (κ2) is 7.53. The van der Waals surface area contributed by atoms with E-state index in [-0.39, 0.29) is 18.4 Å². The van der Waals surface area contributed by atoms with Crippen LogP contribution >= 0.6 is 11.6 Å². The Morgan fingerprint density at radius 2 is 1.88 bits per heavy atom. The summed E-state index contributed by atoms with van der Waals surface area (Å²) in [6.07, 6.45) is 2.48. The van der Waals surface area contributed by atoms with E-state index in [4.69, 9.17) is 16.3 Å². The van der Waals surface area contributed by atoms with Crippen LogP contribution in [0.25, 0.3) is 0 Å². The average Bonchev–Trinajstić information content (AvgIpc) is 3.21. The van der Waals surface area contributed by atoms with Gasteiger partial charge in [0.05, 0.1) is 11.8 Å². The lowest BCUT2D eigenvalue weighted by atomic mass is 9.79. The maximum absolute atomic E-state index is 12.4. The van der Waals surface area contributed by atoms with Crippen molar-refractivity contribution in [2.45, 2.75) is 26.2 Å². The molecule has 0 heterocycles. The lowest BCUT2D eigenvalue weighted by molar-refractivity contribution is -0.150. The molecule has 2 bridgehead atoms. The topological polar surface area (TPSA) is 105 Å². The van der Waals surface area contributed by atoms with E-state index in [0.717, 1.165) is 24.8 Å². The van der Waals surface area contributed by atoms with Gasteiger partial charge in [0.25, 0.3) is 5.91 Å². The summed E-state index contributed by atoms with van der Waals surface area (Å²) in [4.78, 5) is 35.7. The van der Waals surface area contributed by atoms with Gasteiger partial charge in [-0.25, -0.2) is 0 Å². The number of hydrazine groups is 1. The smallest absolute Gasteiger partial charge is 0.307 e. The molecular formula is C18H21ClN2O5. The number of aryl methyl sites for hydroxylation is 1. The van der Waals surface area contributed by atoms with Crippen LogP contribution in [-0.4, -0.2) is 29.5 Å². The van der Waals surface area contributed by atoms with Crippen molar-refractivity contribution >= 4 is 29.4 Å².